The molecule has 0 aliphatic rings. The zero-order valence-corrected chi connectivity index (χ0v) is 10.7. The average Bonchev–Trinajstić information content (AvgIpc) is 2.37. The molecule has 0 saturated carbocycles. The molecule has 0 unspecified atom stereocenters. The average molecular weight is 291 g/mol. The van der Waals surface area contributed by atoms with Gasteiger partial charge in [-0.3, -0.25) is 0 Å². The first-order valence-corrected chi connectivity index (χ1v) is 5.45. The first-order chi connectivity index (χ1) is 9.36. The highest BCUT2D eigenvalue weighted by Gasteiger charge is 2.35. The number of nitrogens with zero attached hydrogens (tertiary/aromatic N) is 2. The van der Waals surface area contributed by atoms with E-state index in [4.69, 9.17) is 4.74 Å². The zero-order valence-electron chi connectivity index (χ0n) is 10.7. The predicted molar refractivity (Wildman–Crippen MR) is 63.0 cm³/mol. The maximum Gasteiger partial charge on any atom is 0.431 e. The van der Waals surface area contributed by atoms with Crippen LogP contribution in [0.15, 0.2) is 24.2 Å². The Kier molecular flexibility index (Phi) is 5.30. The van der Waals surface area contributed by atoms with Gasteiger partial charge in [-0.1, -0.05) is 0 Å². The number of ether oxygens (including phenoxy) is 2. The lowest BCUT2D eigenvalue weighted by Crippen LogP contribution is -2.21. The third kappa shape index (κ3) is 4.75. The molecule has 0 aliphatic heterocycles. The standard InChI is InChI=1S/C11H12F3N3O3/c1-3-20-10(18)4-7(11(12,13)14)17-8-5-9(19-2)16-6-15-8/h4-6H,3H2,1-2H3,(H,15,16,17). The van der Waals surface area contributed by atoms with E-state index in [1.54, 1.807) is 0 Å². The number of carbonyl (C=O) groups is 1. The number of alkyl halides is 3. The van der Waals surface area contributed by atoms with Crippen molar-refractivity contribution in [3.63, 3.8) is 0 Å². The number of methoxy groups -OCH3 is 1. The van der Waals surface area contributed by atoms with Gasteiger partial charge < -0.3 is 14.8 Å². The number of aromatic nitrogens is 2. The van der Waals surface area contributed by atoms with Crippen LogP contribution in [0.2, 0.25) is 0 Å². The molecule has 1 aromatic rings. The highest BCUT2D eigenvalue weighted by atomic mass is 19.4. The molecular formula is C11H12F3N3O3. The van der Waals surface area contributed by atoms with Crippen LogP contribution < -0.4 is 10.1 Å². The highest BCUT2D eigenvalue weighted by molar-refractivity contribution is 5.83. The molecule has 9 heteroatoms. The van der Waals surface area contributed by atoms with Gasteiger partial charge in [-0.15, -0.1) is 0 Å². The van der Waals surface area contributed by atoms with E-state index in [-0.39, 0.29) is 18.3 Å². The Morgan fingerprint density at radius 1 is 1.45 bits per heavy atom. The van der Waals surface area contributed by atoms with Crippen LogP contribution in [0.4, 0.5) is 19.0 Å². The predicted octanol–water partition coefficient (Wildman–Crippen LogP) is 1.91. The second-order valence-corrected chi connectivity index (χ2v) is 3.38. The number of rotatable bonds is 5. The van der Waals surface area contributed by atoms with Gasteiger partial charge in [-0.05, 0) is 6.92 Å². The van der Waals surface area contributed by atoms with Crippen LogP contribution in [-0.4, -0.2) is 35.8 Å². The normalized spacial score (nSPS) is 11.9. The van der Waals surface area contributed by atoms with Crippen molar-refractivity contribution in [3.8, 4) is 5.88 Å². The molecule has 0 spiro atoms. The first kappa shape index (κ1) is 15.7. The molecule has 1 heterocycles. The Bertz CT molecular complexity index is 503. The molecule has 0 saturated heterocycles. The molecule has 0 radical (unpaired) electrons. The zero-order chi connectivity index (χ0) is 15.2. The van der Waals surface area contributed by atoms with E-state index in [0.717, 1.165) is 12.4 Å². The molecule has 0 fully saturated rings. The van der Waals surface area contributed by atoms with Gasteiger partial charge in [0.2, 0.25) is 5.88 Å². The minimum Gasteiger partial charge on any atom is -0.481 e. The number of esters is 1. The fourth-order valence-corrected chi connectivity index (χ4v) is 1.15. The topological polar surface area (TPSA) is 73.3 Å². The van der Waals surface area contributed by atoms with Crippen molar-refractivity contribution < 1.29 is 27.4 Å². The summed E-state index contributed by atoms with van der Waals surface area (Å²) in [4.78, 5) is 18.4. The van der Waals surface area contributed by atoms with Gasteiger partial charge in [0.25, 0.3) is 0 Å². The summed E-state index contributed by atoms with van der Waals surface area (Å²) in [7, 11) is 1.31. The van der Waals surface area contributed by atoms with E-state index >= 15 is 0 Å². The summed E-state index contributed by atoms with van der Waals surface area (Å²) in [6, 6.07) is 1.16. The molecule has 1 N–H and O–H groups in total. The molecule has 20 heavy (non-hydrogen) atoms. The lowest BCUT2D eigenvalue weighted by atomic mass is 10.3. The summed E-state index contributed by atoms with van der Waals surface area (Å²) in [6.07, 6.45) is -3.41. The fraction of sp³-hybridized carbons (Fsp3) is 0.364. The van der Waals surface area contributed by atoms with Gasteiger partial charge in [-0.2, -0.15) is 13.2 Å². The summed E-state index contributed by atoms with van der Waals surface area (Å²) in [6.45, 7) is 1.46. The van der Waals surface area contributed by atoms with Gasteiger partial charge in [0.05, 0.1) is 19.8 Å². The van der Waals surface area contributed by atoms with E-state index in [2.05, 4.69) is 14.7 Å². The second-order valence-electron chi connectivity index (χ2n) is 3.38. The number of anilines is 1. The molecular weight excluding hydrogens is 279 g/mol. The molecule has 0 aromatic carbocycles. The maximum atomic E-state index is 12.8. The largest absolute Gasteiger partial charge is 0.481 e. The molecule has 1 aromatic heterocycles. The fourth-order valence-electron chi connectivity index (χ4n) is 1.15. The van der Waals surface area contributed by atoms with Crippen molar-refractivity contribution in [2.45, 2.75) is 13.1 Å². The van der Waals surface area contributed by atoms with Crippen molar-refractivity contribution in [3.05, 3.63) is 24.2 Å². The van der Waals surface area contributed by atoms with Crippen LogP contribution >= 0.6 is 0 Å². The number of nitrogens with one attached hydrogen (secondary N) is 1. The van der Waals surface area contributed by atoms with Crippen LogP contribution in [0.1, 0.15) is 6.92 Å². The first-order valence-electron chi connectivity index (χ1n) is 5.45. The molecule has 0 aliphatic carbocycles. The quantitative estimate of drug-likeness (QED) is 0.660. The minimum absolute atomic E-state index is 0.0260. The SMILES string of the molecule is CCOC(=O)C=C(Nc1cc(OC)ncn1)C(F)(F)F. The number of hydrogen-bond donors (Lipinski definition) is 1. The van der Waals surface area contributed by atoms with E-state index in [1.807, 2.05) is 5.32 Å². The smallest absolute Gasteiger partial charge is 0.431 e. The number of carbonyl (C=O) groups excluding carboxylic acids is 1. The minimum atomic E-state index is -4.76. The van der Waals surface area contributed by atoms with Crippen molar-refractivity contribution in [1.82, 2.24) is 9.97 Å². The van der Waals surface area contributed by atoms with Gasteiger partial charge in [-0.25, -0.2) is 14.8 Å². The lowest BCUT2D eigenvalue weighted by molar-refractivity contribution is -0.138. The number of allylic oxidation sites excluding steroid dienone is 1. The Morgan fingerprint density at radius 3 is 2.70 bits per heavy atom. The second kappa shape index (κ2) is 6.73. The summed E-state index contributed by atoms with van der Waals surface area (Å²) in [5.74, 6) is -1.18. The Morgan fingerprint density at radius 2 is 2.15 bits per heavy atom. The Hall–Kier alpha value is -2.32. The summed E-state index contributed by atoms with van der Waals surface area (Å²) < 4.78 is 47.5. The van der Waals surface area contributed by atoms with Crippen molar-refractivity contribution in [1.29, 1.82) is 0 Å². The number of halogens is 3. The Balaban J connectivity index is 2.98. The molecule has 0 amide bonds. The van der Waals surface area contributed by atoms with E-state index < -0.39 is 17.8 Å². The van der Waals surface area contributed by atoms with Crippen LogP contribution in [-0.2, 0) is 9.53 Å². The molecule has 0 atom stereocenters. The van der Waals surface area contributed by atoms with Crippen LogP contribution in [0.25, 0.3) is 0 Å². The van der Waals surface area contributed by atoms with Crippen molar-refractivity contribution >= 4 is 11.8 Å². The van der Waals surface area contributed by atoms with Crippen molar-refractivity contribution in [2.75, 3.05) is 19.0 Å². The number of hydrogen-bond acceptors (Lipinski definition) is 6. The van der Waals surface area contributed by atoms with Gasteiger partial charge >= 0.3 is 12.1 Å². The van der Waals surface area contributed by atoms with Gasteiger partial charge in [0.15, 0.2) is 0 Å². The third-order valence-corrected chi connectivity index (χ3v) is 1.97. The van der Waals surface area contributed by atoms with E-state index in [9.17, 15) is 18.0 Å². The van der Waals surface area contributed by atoms with Gasteiger partial charge in [0, 0.05) is 6.07 Å². The van der Waals surface area contributed by atoms with E-state index in [1.165, 1.54) is 14.0 Å². The van der Waals surface area contributed by atoms with Crippen LogP contribution in [0, 0.1) is 0 Å². The summed E-state index contributed by atoms with van der Waals surface area (Å²) in [5.41, 5.74) is -1.29. The van der Waals surface area contributed by atoms with Gasteiger partial charge in [0.1, 0.15) is 17.8 Å². The third-order valence-electron chi connectivity index (χ3n) is 1.97. The molecule has 1 rings (SSSR count). The highest BCUT2D eigenvalue weighted by Crippen LogP contribution is 2.27. The van der Waals surface area contributed by atoms with E-state index in [0.29, 0.717) is 6.08 Å². The van der Waals surface area contributed by atoms with Crippen LogP contribution in [0.5, 0.6) is 5.88 Å². The van der Waals surface area contributed by atoms with Crippen molar-refractivity contribution in [2.24, 2.45) is 0 Å². The Labute approximate surface area is 112 Å². The van der Waals surface area contributed by atoms with Crippen LogP contribution in [0.3, 0.4) is 0 Å². The molecule has 6 nitrogen and oxygen atoms in total. The molecule has 0 bridgehead atoms. The monoisotopic (exact) mass is 291 g/mol. The lowest BCUT2D eigenvalue weighted by Gasteiger charge is -2.13. The summed E-state index contributed by atoms with van der Waals surface area (Å²) in [5, 5.41) is 1.99. The molecule has 110 valence electrons. The summed E-state index contributed by atoms with van der Waals surface area (Å²) >= 11 is 0. The maximum absolute atomic E-state index is 12.8.